The molecule has 1 aromatic heterocycles. The number of anilines is 2. The van der Waals surface area contributed by atoms with Crippen LogP contribution in [0.3, 0.4) is 0 Å². The molecule has 4 rings (SSSR count). The minimum atomic E-state index is 0.0365. The van der Waals surface area contributed by atoms with E-state index in [2.05, 4.69) is 41.2 Å². The Kier molecular flexibility index (Phi) is 5.24. The maximum atomic E-state index is 12.6. The molecule has 2 heterocycles. The van der Waals surface area contributed by atoms with Crippen LogP contribution in [0, 0.1) is 5.92 Å². The molecule has 0 radical (unpaired) electrons. The SMILES string of the molecule is CC(C)c1ccc(NC(=O)C2CCN(c3cnc4ccccc4n3)CC2)cc1. The van der Waals surface area contributed by atoms with E-state index in [-0.39, 0.29) is 11.8 Å². The predicted octanol–water partition coefficient (Wildman–Crippen LogP) is 4.61. The van der Waals surface area contributed by atoms with E-state index >= 15 is 0 Å². The average molecular weight is 374 g/mol. The molecular weight excluding hydrogens is 348 g/mol. The summed E-state index contributed by atoms with van der Waals surface area (Å²) < 4.78 is 0. The Morgan fingerprint density at radius 2 is 1.71 bits per heavy atom. The van der Waals surface area contributed by atoms with Gasteiger partial charge in [0, 0.05) is 24.7 Å². The van der Waals surface area contributed by atoms with Crippen molar-refractivity contribution in [3.63, 3.8) is 0 Å². The molecule has 0 saturated carbocycles. The van der Waals surface area contributed by atoms with E-state index in [1.165, 1.54) is 5.56 Å². The van der Waals surface area contributed by atoms with Crippen LogP contribution >= 0.6 is 0 Å². The van der Waals surface area contributed by atoms with E-state index in [0.29, 0.717) is 5.92 Å². The summed E-state index contributed by atoms with van der Waals surface area (Å²) in [5, 5.41) is 3.07. The molecule has 3 aromatic rings. The first-order valence-corrected chi connectivity index (χ1v) is 9.98. The molecule has 1 amide bonds. The van der Waals surface area contributed by atoms with Crippen LogP contribution in [-0.4, -0.2) is 29.0 Å². The minimum absolute atomic E-state index is 0.0365. The second-order valence-electron chi connectivity index (χ2n) is 7.74. The number of piperidine rings is 1. The first-order chi connectivity index (χ1) is 13.6. The number of nitrogens with zero attached hydrogens (tertiary/aromatic N) is 3. The van der Waals surface area contributed by atoms with Crippen molar-refractivity contribution < 1.29 is 4.79 Å². The van der Waals surface area contributed by atoms with Crippen molar-refractivity contribution in [3.05, 3.63) is 60.3 Å². The zero-order valence-electron chi connectivity index (χ0n) is 16.4. The summed E-state index contributed by atoms with van der Waals surface area (Å²) in [6.45, 7) is 5.97. The first-order valence-electron chi connectivity index (χ1n) is 9.98. The van der Waals surface area contributed by atoms with E-state index < -0.39 is 0 Å². The summed E-state index contributed by atoms with van der Waals surface area (Å²) in [5.41, 5.74) is 3.97. The van der Waals surface area contributed by atoms with Gasteiger partial charge in [0.15, 0.2) is 0 Å². The monoisotopic (exact) mass is 374 g/mol. The maximum Gasteiger partial charge on any atom is 0.227 e. The number of rotatable bonds is 4. The van der Waals surface area contributed by atoms with Crippen molar-refractivity contribution in [2.75, 3.05) is 23.3 Å². The molecule has 1 saturated heterocycles. The smallest absolute Gasteiger partial charge is 0.227 e. The summed E-state index contributed by atoms with van der Waals surface area (Å²) in [5.74, 6) is 1.53. The average Bonchev–Trinajstić information content (AvgIpc) is 2.74. The predicted molar refractivity (Wildman–Crippen MR) is 114 cm³/mol. The topological polar surface area (TPSA) is 58.1 Å². The number of para-hydroxylation sites is 2. The lowest BCUT2D eigenvalue weighted by atomic mass is 9.95. The summed E-state index contributed by atoms with van der Waals surface area (Å²) in [7, 11) is 0. The van der Waals surface area contributed by atoms with Crippen molar-refractivity contribution in [2.45, 2.75) is 32.6 Å². The van der Waals surface area contributed by atoms with Gasteiger partial charge in [-0.05, 0) is 48.6 Å². The fourth-order valence-corrected chi connectivity index (χ4v) is 3.67. The normalized spacial score (nSPS) is 15.2. The zero-order valence-corrected chi connectivity index (χ0v) is 16.4. The molecule has 2 aromatic carbocycles. The summed E-state index contributed by atoms with van der Waals surface area (Å²) in [6.07, 6.45) is 3.48. The van der Waals surface area contributed by atoms with Gasteiger partial charge in [0.1, 0.15) is 5.82 Å². The molecule has 1 aliphatic heterocycles. The lowest BCUT2D eigenvalue weighted by Gasteiger charge is -2.32. The highest BCUT2D eigenvalue weighted by atomic mass is 16.1. The standard InChI is InChI=1S/C23H26N4O/c1-16(2)17-7-9-19(10-8-17)25-23(28)18-11-13-27(14-12-18)22-15-24-20-5-3-4-6-21(20)26-22/h3-10,15-16,18H,11-14H2,1-2H3,(H,25,28). The fourth-order valence-electron chi connectivity index (χ4n) is 3.67. The van der Waals surface area contributed by atoms with E-state index in [9.17, 15) is 4.79 Å². The van der Waals surface area contributed by atoms with Crippen molar-refractivity contribution in [1.29, 1.82) is 0 Å². The fraction of sp³-hybridized carbons (Fsp3) is 0.348. The summed E-state index contributed by atoms with van der Waals surface area (Å²) in [6, 6.07) is 16.1. The van der Waals surface area contributed by atoms with Crippen LogP contribution in [0.4, 0.5) is 11.5 Å². The van der Waals surface area contributed by atoms with Gasteiger partial charge in [-0.25, -0.2) is 4.98 Å². The van der Waals surface area contributed by atoms with Gasteiger partial charge in [0.25, 0.3) is 0 Å². The number of nitrogens with one attached hydrogen (secondary N) is 1. The second-order valence-corrected chi connectivity index (χ2v) is 7.74. The van der Waals surface area contributed by atoms with Crippen molar-refractivity contribution >= 4 is 28.4 Å². The highest BCUT2D eigenvalue weighted by molar-refractivity contribution is 5.92. The summed E-state index contributed by atoms with van der Waals surface area (Å²) in [4.78, 5) is 24.1. The van der Waals surface area contributed by atoms with Crippen molar-refractivity contribution in [1.82, 2.24) is 9.97 Å². The van der Waals surface area contributed by atoms with Gasteiger partial charge in [-0.1, -0.05) is 38.1 Å². The highest BCUT2D eigenvalue weighted by Gasteiger charge is 2.26. The third-order valence-electron chi connectivity index (χ3n) is 5.47. The van der Waals surface area contributed by atoms with Crippen LogP contribution in [0.5, 0.6) is 0 Å². The Hall–Kier alpha value is -2.95. The van der Waals surface area contributed by atoms with E-state index in [1.807, 2.05) is 42.6 Å². The second kappa shape index (κ2) is 7.97. The molecule has 0 bridgehead atoms. The Balaban J connectivity index is 1.35. The number of carbonyl (C=O) groups excluding carboxylic acids is 1. The van der Waals surface area contributed by atoms with Gasteiger partial charge in [-0.2, -0.15) is 0 Å². The maximum absolute atomic E-state index is 12.6. The van der Waals surface area contributed by atoms with Gasteiger partial charge in [-0.3, -0.25) is 9.78 Å². The van der Waals surface area contributed by atoms with Crippen LogP contribution in [0.15, 0.2) is 54.7 Å². The van der Waals surface area contributed by atoms with Crippen LogP contribution in [-0.2, 0) is 4.79 Å². The Labute approximate surface area is 165 Å². The highest BCUT2D eigenvalue weighted by Crippen LogP contribution is 2.24. The van der Waals surface area contributed by atoms with Gasteiger partial charge < -0.3 is 10.2 Å². The molecule has 0 aliphatic carbocycles. The van der Waals surface area contributed by atoms with E-state index in [1.54, 1.807) is 0 Å². The van der Waals surface area contributed by atoms with Gasteiger partial charge in [-0.15, -0.1) is 0 Å². The largest absolute Gasteiger partial charge is 0.355 e. The third-order valence-corrected chi connectivity index (χ3v) is 5.47. The van der Waals surface area contributed by atoms with Crippen LogP contribution in [0.1, 0.15) is 38.2 Å². The van der Waals surface area contributed by atoms with Gasteiger partial charge in [0.05, 0.1) is 17.2 Å². The molecule has 1 N–H and O–H groups in total. The molecule has 1 fully saturated rings. The molecular formula is C23H26N4O. The first kappa shape index (κ1) is 18.4. The number of benzene rings is 2. The number of amides is 1. The third kappa shape index (κ3) is 3.98. The number of aromatic nitrogens is 2. The van der Waals surface area contributed by atoms with Crippen LogP contribution in [0.2, 0.25) is 0 Å². The molecule has 5 heteroatoms. The van der Waals surface area contributed by atoms with Crippen LogP contribution < -0.4 is 10.2 Å². The Morgan fingerprint density at radius 1 is 1.04 bits per heavy atom. The van der Waals surface area contributed by atoms with E-state index in [0.717, 1.165) is 48.5 Å². The number of fused-ring (bicyclic) bond motifs is 1. The quantitative estimate of drug-likeness (QED) is 0.725. The molecule has 0 unspecified atom stereocenters. The molecule has 5 nitrogen and oxygen atoms in total. The van der Waals surface area contributed by atoms with Crippen LogP contribution in [0.25, 0.3) is 11.0 Å². The number of hydrogen-bond donors (Lipinski definition) is 1. The summed E-state index contributed by atoms with van der Waals surface area (Å²) >= 11 is 0. The van der Waals surface area contributed by atoms with E-state index in [4.69, 9.17) is 4.98 Å². The number of carbonyl (C=O) groups is 1. The Morgan fingerprint density at radius 3 is 2.39 bits per heavy atom. The molecule has 1 aliphatic rings. The van der Waals surface area contributed by atoms with Gasteiger partial charge >= 0.3 is 0 Å². The molecule has 0 atom stereocenters. The number of hydrogen-bond acceptors (Lipinski definition) is 4. The molecule has 28 heavy (non-hydrogen) atoms. The minimum Gasteiger partial charge on any atom is -0.355 e. The lowest BCUT2D eigenvalue weighted by Crippen LogP contribution is -2.38. The zero-order chi connectivity index (χ0) is 19.5. The molecule has 0 spiro atoms. The van der Waals surface area contributed by atoms with Crippen molar-refractivity contribution in [2.24, 2.45) is 5.92 Å². The van der Waals surface area contributed by atoms with Gasteiger partial charge in [0.2, 0.25) is 5.91 Å². The molecule has 144 valence electrons. The Bertz CT molecular complexity index is 960. The van der Waals surface area contributed by atoms with Crippen molar-refractivity contribution in [3.8, 4) is 0 Å². The lowest BCUT2D eigenvalue weighted by molar-refractivity contribution is -0.120.